The summed E-state index contributed by atoms with van der Waals surface area (Å²) in [4.78, 5) is 2.38. The summed E-state index contributed by atoms with van der Waals surface area (Å²) in [6.07, 6.45) is 5.66. The Kier molecular flexibility index (Phi) is 5.91. The van der Waals surface area contributed by atoms with Crippen molar-refractivity contribution in [3.05, 3.63) is 53.3 Å². The summed E-state index contributed by atoms with van der Waals surface area (Å²) < 4.78 is 0. The monoisotopic (exact) mass is 343 g/mol. The number of fused-ring (bicyclic) bond motifs is 1. The fourth-order valence-electron chi connectivity index (χ4n) is 3.09. The highest BCUT2D eigenvalue weighted by Crippen LogP contribution is 2.38. The molecule has 4 nitrogen and oxygen atoms in total. The first-order valence-corrected chi connectivity index (χ1v) is 8.62. The Morgan fingerprint density at radius 2 is 2.08 bits per heavy atom. The van der Waals surface area contributed by atoms with Gasteiger partial charge in [-0.3, -0.25) is 0 Å². The largest absolute Gasteiger partial charge is 0.508 e. The van der Waals surface area contributed by atoms with Gasteiger partial charge in [-0.25, -0.2) is 0 Å². The molecule has 1 aliphatic rings. The van der Waals surface area contributed by atoms with Crippen LogP contribution in [0.15, 0.2) is 37.1 Å². The first-order chi connectivity index (χ1) is 11.1. The van der Waals surface area contributed by atoms with Crippen molar-refractivity contribution in [2.24, 2.45) is 0 Å². The molecule has 0 aliphatic carbocycles. The van der Waals surface area contributed by atoms with Gasteiger partial charge in [-0.05, 0) is 56.5 Å². The molecule has 1 fully saturated rings. The number of thiophene rings is 1. The van der Waals surface area contributed by atoms with Crippen LogP contribution >= 0.6 is 11.3 Å². The summed E-state index contributed by atoms with van der Waals surface area (Å²) in [7, 11) is 0. The molecule has 0 radical (unpaired) electrons. The number of nitrogens with zero attached hydrogens (tertiary/aromatic N) is 2. The van der Waals surface area contributed by atoms with Crippen LogP contribution in [-0.2, 0) is 0 Å². The molecule has 0 aromatic carbocycles. The summed E-state index contributed by atoms with van der Waals surface area (Å²) >= 11 is 1.75. The van der Waals surface area contributed by atoms with Crippen molar-refractivity contribution in [1.29, 1.82) is 0 Å². The van der Waals surface area contributed by atoms with Gasteiger partial charge in [-0.1, -0.05) is 26.7 Å². The Morgan fingerprint density at radius 1 is 1.38 bits per heavy atom. The third-order valence-corrected chi connectivity index (χ3v) is 5.68. The standard InChI is InChI=1S/C18H21N3OS.CH4/c1-4-5-14(12(3)22)16-10-15-11(2)17(23-18(15)21-20-16)13-6-8-19-9-7-13;/h4-5,10,13,19,22H,1,3,6-9H2,2H3;1H4/b14-5+;. The van der Waals surface area contributed by atoms with E-state index in [9.17, 15) is 5.11 Å². The molecular weight excluding hydrogens is 318 g/mol. The molecule has 3 rings (SSSR count). The van der Waals surface area contributed by atoms with Crippen molar-refractivity contribution < 1.29 is 5.11 Å². The highest BCUT2D eigenvalue weighted by Gasteiger charge is 2.22. The maximum absolute atomic E-state index is 9.76. The Labute approximate surface area is 147 Å². The van der Waals surface area contributed by atoms with Crippen LogP contribution in [0.1, 0.15) is 42.3 Å². The van der Waals surface area contributed by atoms with E-state index in [1.165, 1.54) is 23.3 Å². The first-order valence-electron chi connectivity index (χ1n) is 7.80. The maximum Gasteiger partial charge on any atom is 0.146 e. The van der Waals surface area contributed by atoms with Crippen molar-refractivity contribution in [3.8, 4) is 0 Å². The zero-order valence-corrected chi connectivity index (χ0v) is 14.1. The molecule has 0 amide bonds. The van der Waals surface area contributed by atoms with Crippen molar-refractivity contribution >= 4 is 27.1 Å². The average molecular weight is 343 g/mol. The van der Waals surface area contributed by atoms with Gasteiger partial charge in [-0.2, -0.15) is 0 Å². The lowest BCUT2D eigenvalue weighted by atomic mass is 9.93. The zero-order valence-electron chi connectivity index (χ0n) is 13.3. The van der Waals surface area contributed by atoms with Crippen LogP contribution in [0, 0.1) is 6.92 Å². The van der Waals surface area contributed by atoms with Gasteiger partial charge in [0.25, 0.3) is 0 Å². The third kappa shape index (κ3) is 3.42. The lowest BCUT2D eigenvalue weighted by Crippen LogP contribution is -2.26. The molecule has 0 bridgehead atoms. The van der Waals surface area contributed by atoms with E-state index in [-0.39, 0.29) is 13.2 Å². The van der Waals surface area contributed by atoms with E-state index in [0.29, 0.717) is 17.2 Å². The predicted molar refractivity (Wildman–Crippen MR) is 104 cm³/mol. The van der Waals surface area contributed by atoms with Gasteiger partial charge >= 0.3 is 0 Å². The molecule has 0 atom stereocenters. The normalized spacial score (nSPS) is 16.0. The molecule has 0 saturated carbocycles. The predicted octanol–water partition coefficient (Wildman–Crippen LogP) is 4.74. The van der Waals surface area contributed by atoms with E-state index >= 15 is 0 Å². The van der Waals surface area contributed by atoms with Crippen molar-refractivity contribution in [2.45, 2.75) is 33.1 Å². The van der Waals surface area contributed by atoms with Crippen LogP contribution in [0.25, 0.3) is 15.8 Å². The summed E-state index contributed by atoms with van der Waals surface area (Å²) in [6, 6.07) is 2.00. The van der Waals surface area contributed by atoms with Gasteiger partial charge in [0, 0.05) is 15.8 Å². The van der Waals surface area contributed by atoms with Crippen molar-refractivity contribution in [1.82, 2.24) is 15.5 Å². The number of nitrogens with one attached hydrogen (secondary N) is 1. The number of aromatic nitrogens is 2. The minimum absolute atomic E-state index is 0. The molecule has 128 valence electrons. The summed E-state index contributed by atoms with van der Waals surface area (Å²) in [5.41, 5.74) is 2.47. The van der Waals surface area contributed by atoms with Crippen LogP contribution in [0.2, 0.25) is 0 Å². The molecule has 0 unspecified atom stereocenters. The average Bonchev–Trinajstić information content (AvgIpc) is 2.89. The molecule has 2 aromatic rings. The molecular formula is C19H25N3OS. The van der Waals surface area contributed by atoms with E-state index in [0.717, 1.165) is 23.3 Å². The minimum Gasteiger partial charge on any atom is -0.508 e. The second kappa shape index (κ2) is 7.73. The highest BCUT2D eigenvalue weighted by molar-refractivity contribution is 7.18. The molecule has 5 heteroatoms. The van der Waals surface area contributed by atoms with Gasteiger partial charge in [-0.15, -0.1) is 21.5 Å². The molecule has 24 heavy (non-hydrogen) atoms. The van der Waals surface area contributed by atoms with E-state index in [4.69, 9.17) is 0 Å². The van der Waals surface area contributed by atoms with Crippen LogP contribution in [-0.4, -0.2) is 28.4 Å². The van der Waals surface area contributed by atoms with E-state index in [1.54, 1.807) is 23.5 Å². The summed E-state index contributed by atoms with van der Waals surface area (Å²) in [6.45, 7) is 11.6. The Morgan fingerprint density at radius 3 is 2.71 bits per heavy atom. The minimum atomic E-state index is -0.0231. The summed E-state index contributed by atoms with van der Waals surface area (Å²) in [5.74, 6) is 0.583. The fourth-order valence-corrected chi connectivity index (χ4v) is 4.37. The first kappa shape index (κ1) is 18.4. The lowest BCUT2D eigenvalue weighted by Gasteiger charge is -2.22. The SMILES string of the molecule is C.C=C/C=C(\C(=C)O)c1cc2c(C)c(C3CCNCC3)sc2nn1. The molecule has 2 aromatic heterocycles. The molecule has 1 saturated heterocycles. The van der Waals surface area contributed by atoms with E-state index < -0.39 is 0 Å². The molecule has 0 spiro atoms. The number of allylic oxidation sites excluding steroid dienone is 3. The van der Waals surface area contributed by atoms with Gasteiger partial charge < -0.3 is 10.4 Å². The molecule has 1 aliphatic heterocycles. The van der Waals surface area contributed by atoms with Crippen LogP contribution in [0.5, 0.6) is 0 Å². The van der Waals surface area contributed by atoms with Gasteiger partial charge in [0.2, 0.25) is 0 Å². The number of aliphatic hydroxyl groups excluding tert-OH is 1. The topological polar surface area (TPSA) is 58.0 Å². The molecule has 3 heterocycles. The number of aliphatic hydroxyl groups is 1. The number of hydrogen-bond acceptors (Lipinski definition) is 5. The van der Waals surface area contributed by atoms with Gasteiger partial charge in [0.05, 0.1) is 5.69 Å². The Balaban J connectivity index is 0.00000208. The molecule has 2 N–H and O–H groups in total. The second-order valence-corrected chi connectivity index (χ2v) is 6.86. The highest BCUT2D eigenvalue weighted by atomic mass is 32.1. The van der Waals surface area contributed by atoms with E-state index in [1.807, 2.05) is 6.07 Å². The smallest absolute Gasteiger partial charge is 0.146 e. The third-order valence-electron chi connectivity index (χ3n) is 4.32. The number of aryl methyl sites for hydroxylation is 1. The van der Waals surface area contributed by atoms with Gasteiger partial charge in [0.15, 0.2) is 0 Å². The zero-order chi connectivity index (χ0) is 16.4. The fraction of sp³-hybridized carbons (Fsp3) is 0.368. The van der Waals surface area contributed by atoms with Gasteiger partial charge in [0.1, 0.15) is 10.6 Å². The van der Waals surface area contributed by atoms with Crippen LogP contribution in [0.4, 0.5) is 0 Å². The van der Waals surface area contributed by atoms with Crippen molar-refractivity contribution in [2.75, 3.05) is 13.1 Å². The quantitative estimate of drug-likeness (QED) is 0.621. The number of hydrogen-bond donors (Lipinski definition) is 2. The number of piperidine rings is 1. The van der Waals surface area contributed by atoms with Crippen molar-refractivity contribution in [3.63, 3.8) is 0 Å². The number of rotatable bonds is 4. The lowest BCUT2D eigenvalue weighted by molar-refractivity contribution is 0.440. The Bertz CT molecular complexity index is 785. The summed E-state index contributed by atoms with van der Waals surface area (Å²) in [5, 5.41) is 22.9. The Hall–Kier alpha value is -1.98. The second-order valence-electron chi connectivity index (χ2n) is 5.83. The maximum atomic E-state index is 9.76. The van der Waals surface area contributed by atoms with Crippen LogP contribution in [0.3, 0.4) is 0 Å². The van der Waals surface area contributed by atoms with E-state index in [2.05, 4.69) is 35.6 Å². The van der Waals surface area contributed by atoms with Crippen LogP contribution < -0.4 is 5.32 Å².